The Kier molecular flexibility index (Phi) is 7.76. The topological polar surface area (TPSA) is 85.3 Å². The third kappa shape index (κ3) is 5.77. The number of halogens is 2. The van der Waals surface area contributed by atoms with E-state index in [-0.39, 0.29) is 23.5 Å². The predicted octanol–water partition coefficient (Wildman–Crippen LogP) is 4.70. The van der Waals surface area contributed by atoms with Crippen LogP contribution in [0.4, 0.5) is 8.78 Å². The average Bonchev–Trinajstić information content (AvgIpc) is 2.90. The summed E-state index contributed by atoms with van der Waals surface area (Å²) < 4.78 is 59.0. The van der Waals surface area contributed by atoms with E-state index in [0.29, 0.717) is 29.7 Å². The van der Waals surface area contributed by atoms with Gasteiger partial charge >= 0.3 is 5.97 Å². The Bertz CT molecular complexity index is 1300. The van der Waals surface area contributed by atoms with Gasteiger partial charge in [-0.2, -0.15) is 4.31 Å². The molecule has 4 rings (SSSR count). The van der Waals surface area contributed by atoms with Gasteiger partial charge in [0.05, 0.1) is 23.3 Å². The summed E-state index contributed by atoms with van der Waals surface area (Å²) in [6.07, 6.45) is -0.00756. The monoisotopic (exact) mass is 514 g/mol. The van der Waals surface area contributed by atoms with Crippen molar-refractivity contribution in [3.63, 3.8) is 0 Å². The standard InChI is InChI=1S/C26H24F2N2O5S/c1-34-26(31)20-3-2-4-24(17-20)36(32,33)30-15-13-23(14-16-30)29-35-25(18-5-9-21(27)10-6-18)19-7-11-22(28)12-8-19/h2-12,17,25H,13-16H2,1H3. The Hall–Kier alpha value is -3.63. The van der Waals surface area contributed by atoms with E-state index in [1.54, 1.807) is 24.3 Å². The number of sulfonamides is 1. The van der Waals surface area contributed by atoms with Gasteiger partial charge in [0, 0.05) is 25.9 Å². The van der Waals surface area contributed by atoms with Gasteiger partial charge < -0.3 is 9.57 Å². The molecule has 36 heavy (non-hydrogen) atoms. The molecule has 0 bridgehead atoms. The van der Waals surface area contributed by atoms with Crippen LogP contribution in [0, 0.1) is 11.6 Å². The second kappa shape index (κ2) is 11.0. The van der Waals surface area contributed by atoms with Crippen molar-refractivity contribution in [2.45, 2.75) is 23.8 Å². The lowest BCUT2D eigenvalue weighted by Crippen LogP contribution is -2.38. The number of methoxy groups -OCH3 is 1. The highest BCUT2D eigenvalue weighted by atomic mass is 32.2. The molecule has 10 heteroatoms. The lowest BCUT2D eigenvalue weighted by atomic mass is 10.0. The molecule has 1 aliphatic rings. The summed E-state index contributed by atoms with van der Waals surface area (Å²) in [5.74, 6) is -1.41. The number of hydrogen-bond donors (Lipinski definition) is 0. The molecule has 0 spiro atoms. The van der Waals surface area contributed by atoms with Gasteiger partial charge in [0.1, 0.15) is 11.6 Å². The number of piperidine rings is 1. The van der Waals surface area contributed by atoms with E-state index in [4.69, 9.17) is 4.84 Å². The number of carbonyl (C=O) groups is 1. The third-order valence-electron chi connectivity index (χ3n) is 5.83. The second-order valence-corrected chi connectivity index (χ2v) is 10.1. The first-order valence-corrected chi connectivity index (χ1v) is 12.6. The highest BCUT2D eigenvalue weighted by molar-refractivity contribution is 7.89. The fraction of sp³-hybridized carbons (Fsp3) is 0.231. The van der Waals surface area contributed by atoms with E-state index in [0.717, 1.165) is 0 Å². The van der Waals surface area contributed by atoms with Crippen LogP contribution >= 0.6 is 0 Å². The summed E-state index contributed by atoms with van der Waals surface area (Å²) in [6, 6.07) is 17.2. The first-order valence-electron chi connectivity index (χ1n) is 11.2. The Balaban J connectivity index is 1.47. The van der Waals surface area contributed by atoms with Crippen molar-refractivity contribution in [2.24, 2.45) is 5.16 Å². The van der Waals surface area contributed by atoms with E-state index >= 15 is 0 Å². The Labute approximate surface area is 208 Å². The molecule has 1 aliphatic heterocycles. The molecule has 0 amide bonds. The maximum absolute atomic E-state index is 13.4. The Morgan fingerprint density at radius 2 is 1.47 bits per heavy atom. The van der Waals surface area contributed by atoms with Gasteiger partial charge in [0.15, 0.2) is 6.10 Å². The first kappa shape index (κ1) is 25.5. The Morgan fingerprint density at radius 3 is 2.00 bits per heavy atom. The molecule has 7 nitrogen and oxygen atoms in total. The fourth-order valence-corrected chi connectivity index (χ4v) is 5.33. The quantitative estimate of drug-likeness (QED) is 0.337. The zero-order valence-corrected chi connectivity index (χ0v) is 20.3. The van der Waals surface area contributed by atoms with Crippen LogP contribution in [0.15, 0.2) is 82.8 Å². The van der Waals surface area contributed by atoms with E-state index in [1.165, 1.54) is 59.9 Å². The highest BCUT2D eigenvalue weighted by Gasteiger charge is 2.29. The number of ether oxygens (including phenoxy) is 1. The number of benzene rings is 3. The molecule has 0 aromatic heterocycles. The van der Waals surface area contributed by atoms with Crippen LogP contribution in [0.3, 0.4) is 0 Å². The summed E-state index contributed by atoms with van der Waals surface area (Å²) in [5, 5.41) is 4.27. The summed E-state index contributed by atoms with van der Waals surface area (Å²) in [4.78, 5) is 17.6. The molecule has 0 saturated carbocycles. The van der Waals surface area contributed by atoms with E-state index in [1.807, 2.05) is 0 Å². The molecular weight excluding hydrogens is 490 g/mol. The minimum atomic E-state index is -3.82. The first-order chi connectivity index (χ1) is 17.3. The van der Waals surface area contributed by atoms with Crippen molar-refractivity contribution in [3.05, 3.63) is 101 Å². The molecule has 0 atom stereocenters. The number of hydrogen-bond acceptors (Lipinski definition) is 6. The molecule has 3 aromatic rings. The molecule has 3 aromatic carbocycles. The van der Waals surface area contributed by atoms with Gasteiger partial charge in [-0.1, -0.05) is 35.5 Å². The van der Waals surface area contributed by atoms with Crippen LogP contribution in [0.1, 0.15) is 40.4 Å². The second-order valence-electron chi connectivity index (χ2n) is 8.17. The number of esters is 1. The molecule has 0 aliphatic carbocycles. The average molecular weight is 515 g/mol. The predicted molar refractivity (Wildman–Crippen MR) is 129 cm³/mol. The smallest absolute Gasteiger partial charge is 0.337 e. The number of carbonyl (C=O) groups excluding carboxylic acids is 1. The molecule has 1 fully saturated rings. The van der Waals surface area contributed by atoms with Crippen LogP contribution in [-0.2, 0) is 19.6 Å². The molecule has 0 radical (unpaired) electrons. The lowest BCUT2D eigenvalue weighted by molar-refractivity contribution is 0.0600. The molecule has 1 heterocycles. The number of rotatable bonds is 7. The van der Waals surface area contributed by atoms with Gasteiger partial charge in [-0.05, 0) is 53.6 Å². The summed E-state index contributed by atoms with van der Waals surface area (Å²) >= 11 is 0. The van der Waals surface area contributed by atoms with Crippen molar-refractivity contribution in [1.29, 1.82) is 0 Å². The fourth-order valence-electron chi connectivity index (χ4n) is 3.84. The highest BCUT2D eigenvalue weighted by Crippen LogP contribution is 2.28. The molecular formula is C26H24F2N2O5S. The van der Waals surface area contributed by atoms with Gasteiger partial charge in [-0.25, -0.2) is 22.0 Å². The maximum Gasteiger partial charge on any atom is 0.337 e. The van der Waals surface area contributed by atoms with Gasteiger partial charge in [-0.15, -0.1) is 0 Å². The Morgan fingerprint density at radius 1 is 0.917 bits per heavy atom. The van der Waals surface area contributed by atoms with Crippen molar-refractivity contribution in [1.82, 2.24) is 4.31 Å². The van der Waals surface area contributed by atoms with Gasteiger partial charge in [0.2, 0.25) is 10.0 Å². The maximum atomic E-state index is 13.4. The SMILES string of the molecule is COC(=O)c1cccc(S(=O)(=O)N2CCC(=NOC(c3ccc(F)cc3)c3ccc(F)cc3)CC2)c1. The van der Waals surface area contributed by atoms with Crippen LogP contribution in [0.25, 0.3) is 0 Å². The summed E-state index contributed by atoms with van der Waals surface area (Å²) in [6.45, 7) is 0.371. The van der Waals surface area contributed by atoms with Crippen LogP contribution < -0.4 is 0 Å². The largest absolute Gasteiger partial charge is 0.465 e. The molecule has 188 valence electrons. The molecule has 0 N–H and O–H groups in total. The number of nitrogens with zero attached hydrogens (tertiary/aromatic N) is 2. The zero-order chi connectivity index (χ0) is 25.7. The van der Waals surface area contributed by atoms with E-state index in [2.05, 4.69) is 9.89 Å². The van der Waals surface area contributed by atoms with Gasteiger partial charge in [-0.3, -0.25) is 0 Å². The lowest BCUT2D eigenvalue weighted by Gasteiger charge is -2.27. The van der Waals surface area contributed by atoms with Crippen molar-refractivity contribution >= 4 is 21.7 Å². The van der Waals surface area contributed by atoms with Crippen molar-refractivity contribution in [2.75, 3.05) is 20.2 Å². The van der Waals surface area contributed by atoms with Gasteiger partial charge in [0.25, 0.3) is 0 Å². The van der Waals surface area contributed by atoms with E-state index < -0.39 is 33.7 Å². The van der Waals surface area contributed by atoms with Crippen LogP contribution in [-0.4, -0.2) is 44.6 Å². The molecule has 0 unspecified atom stereocenters. The van der Waals surface area contributed by atoms with E-state index in [9.17, 15) is 22.0 Å². The minimum absolute atomic E-state index is 0.00900. The third-order valence-corrected chi connectivity index (χ3v) is 7.72. The van der Waals surface area contributed by atoms with Crippen molar-refractivity contribution < 1.29 is 31.6 Å². The summed E-state index contributed by atoms with van der Waals surface area (Å²) in [5.41, 5.74) is 2.09. The normalized spacial score (nSPS) is 14.5. The zero-order valence-electron chi connectivity index (χ0n) is 19.4. The van der Waals surface area contributed by atoms with Crippen LogP contribution in [0.5, 0.6) is 0 Å². The number of oxime groups is 1. The van der Waals surface area contributed by atoms with Crippen molar-refractivity contribution in [3.8, 4) is 0 Å². The molecule has 1 saturated heterocycles. The van der Waals surface area contributed by atoms with Crippen LogP contribution in [0.2, 0.25) is 0 Å². The minimum Gasteiger partial charge on any atom is -0.465 e. The summed E-state index contributed by atoms with van der Waals surface area (Å²) in [7, 11) is -2.59.